The molecule has 3 rings (SSSR count). The van der Waals surface area contributed by atoms with E-state index in [0.29, 0.717) is 5.39 Å². The Morgan fingerprint density at radius 1 is 0.714 bits per heavy atom. The summed E-state index contributed by atoms with van der Waals surface area (Å²) in [6.45, 7) is 2.22. The summed E-state index contributed by atoms with van der Waals surface area (Å²) in [6, 6.07) is 18.7. The van der Waals surface area contributed by atoms with Crippen molar-refractivity contribution >= 4 is 10.8 Å². The Morgan fingerprint density at radius 3 is 2.07 bits per heavy atom. The van der Waals surface area contributed by atoms with E-state index in [9.17, 15) is 13.2 Å². The lowest BCUT2D eigenvalue weighted by Crippen LogP contribution is -2.16. The molecule has 0 heterocycles. The van der Waals surface area contributed by atoms with E-state index in [1.165, 1.54) is 49.8 Å². The van der Waals surface area contributed by atoms with Crippen molar-refractivity contribution in [3.05, 3.63) is 66.2 Å². The molecule has 28 heavy (non-hydrogen) atoms. The van der Waals surface area contributed by atoms with Crippen LogP contribution in [0.2, 0.25) is 0 Å². The third kappa shape index (κ3) is 5.75. The lowest BCUT2D eigenvalue weighted by molar-refractivity contribution is -0.274. The standard InChI is InChI=1S/C24H25F3O/c1-2-3-4-5-6-7-18-8-10-19(11-9-18)20-12-13-22-17-23(28-24(25,26)27)15-14-21(22)16-20/h8-17H,2-7H2,1H3. The first-order chi connectivity index (χ1) is 13.4. The zero-order valence-electron chi connectivity index (χ0n) is 16.1. The predicted octanol–water partition coefficient (Wildman–Crippen LogP) is 7.92. The number of hydrogen-bond donors (Lipinski definition) is 0. The highest BCUT2D eigenvalue weighted by molar-refractivity contribution is 5.88. The van der Waals surface area contributed by atoms with Gasteiger partial charge in [-0.2, -0.15) is 0 Å². The Balaban J connectivity index is 1.68. The number of unbranched alkanes of at least 4 members (excludes halogenated alkanes) is 4. The van der Waals surface area contributed by atoms with Gasteiger partial charge in [-0.3, -0.25) is 0 Å². The molecular formula is C24H25F3O. The van der Waals surface area contributed by atoms with E-state index in [2.05, 4.69) is 35.9 Å². The number of fused-ring (bicyclic) bond motifs is 1. The summed E-state index contributed by atoms with van der Waals surface area (Å²) < 4.78 is 41.1. The molecule has 0 aliphatic carbocycles. The summed E-state index contributed by atoms with van der Waals surface area (Å²) >= 11 is 0. The smallest absolute Gasteiger partial charge is 0.406 e. The summed E-state index contributed by atoms with van der Waals surface area (Å²) in [5, 5.41) is 1.60. The number of halogens is 3. The van der Waals surface area contributed by atoms with Crippen molar-refractivity contribution in [1.82, 2.24) is 0 Å². The maximum Gasteiger partial charge on any atom is 0.573 e. The molecule has 3 aromatic carbocycles. The number of benzene rings is 3. The van der Waals surface area contributed by atoms with Gasteiger partial charge in [0.05, 0.1) is 0 Å². The van der Waals surface area contributed by atoms with Crippen molar-refractivity contribution in [2.75, 3.05) is 0 Å². The molecule has 0 bridgehead atoms. The van der Waals surface area contributed by atoms with Gasteiger partial charge in [0, 0.05) is 0 Å². The average molecular weight is 386 g/mol. The first-order valence-electron chi connectivity index (χ1n) is 9.83. The Bertz CT molecular complexity index is 898. The zero-order chi connectivity index (χ0) is 20.0. The average Bonchev–Trinajstić information content (AvgIpc) is 2.67. The van der Waals surface area contributed by atoms with Gasteiger partial charge >= 0.3 is 6.36 Å². The number of alkyl halides is 3. The molecule has 0 amide bonds. The van der Waals surface area contributed by atoms with Gasteiger partial charge in [0.2, 0.25) is 0 Å². The van der Waals surface area contributed by atoms with Gasteiger partial charge in [0.15, 0.2) is 0 Å². The molecule has 0 N–H and O–H groups in total. The topological polar surface area (TPSA) is 9.23 Å². The number of rotatable bonds is 8. The number of ether oxygens (including phenoxy) is 1. The van der Waals surface area contributed by atoms with Crippen LogP contribution < -0.4 is 4.74 Å². The van der Waals surface area contributed by atoms with Crippen LogP contribution in [-0.4, -0.2) is 6.36 Å². The van der Waals surface area contributed by atoms with Crippen LogP contribution >= 0.6 is 0 Å². The highest BCUT2D eigenvalue weighted by atomic mass is 19.4. The molecule has 3 aromatic rings. The Morgan fingerprint density at radius 2 is 1.36 bits per heavy atom. The molecule has 0 spiro atoms. The minimum atomic E-state index is -4.68. The Kier molecular flexibility index (Phi) is 6.61. The molecule has 0 aromatic heterocycles. The normalized spacial score (nSPS) is 11.7. The van der Waals surface area contributed by atoms with Gasteiger partial charge < -0.3 is 4.74 Å². The van der Waals surface area contributed by atoms with Crippen LogP contribution in [0.5, 0.6) is 5.75 Å². The highest BCUT2D eigenvalue weighted by Gasteiger charge is 2.31. The maximum absolute atomic E-state index is 12.4. The van der Waals surface area contributed by atoms with E-state index in [4.69, 9.17) is 0 Å². The molecular weight excluding hydrogens is 361 g/mol. The van der Waals surface area contributed by atoms with Crippen molar-refractivity contribution in [1.29, 1.82) is 0 Å². The third-order valence-electron chi connectivity index (χ3n) is 4.90. The quantitative estimate of drug-likeness (QED) is 0.357. The van der Waals surface area contributed by atoms with Gasteiger partial charge in [-0.25, -0.2) is 0 Å². The summed E-state index contributed by atoms with van der Waals surface area (Å²) in [4.78, 5) is 0. The molecule has 0 fully saturated rings. The van der Waals surface area contributed by atoms with Crippen molar-refractivity contribution in [3.63, 3.8) is 0 Å². The maximum atomic E-state index is 12.4. The van der Waals surface area contributed by atoms with E-state index < -0.39 is 6.36 Å². The second-order valence-corrected chi connectivity index (χ2v) is 7.13. The van der Waals surface area contributed by atoms with E-state index in [1.54, 1.807) is 6.07 Å². The fourth-order valence-corrected chi connectivity index (χ4v) is 3.40. The fourth-order valence-electron chi connectivity index (χ4n) is 3.40. The van der Waals surface area contributed by atoms with E-state index in [0.717, 1.165) is 22.9 Å². The fraction of sp³-hybridized carbons (Fsp3) is 0.333. The van der Waals surface area contributed by atoms with E-state index in [-0.39, 0.29) is 5.75 Å². The van der Waals surface area contributed by atoms with E-state index in [1.807, 2.05) is 18.2 Å². The van der Waals surface area contributed by atoms with Crippen LogP contribution in [0, 0.1) is 0 Å². The molecule has 0 radical (unpaired) electrons. The van der Waals surface area contributed by atoms with Gasteiger partial charge in [-0.05, 0) is 58.5 Å². The molecule has 0 aliphatic rings. The summed E-state index contributed by atoms with van der Waals surface area (Å²) in [6.07, 6.45) is 2.80. The molecule has 0 atom stereocenters. The van der Waals surface area contributed by atoms with Gasteiger partial charge in [-0.15, -0.1) is 13.2 Å². The minimum absolute atomic E-state index is 0.198. The molecule has 0 saturated carbocycles. The third-order valence-corrected chi connectivity index (χ3v) is 4.90. The van der Waals surface area contributed by atoms with Crippen LogP contribution in [0.15, 0.2) is 60.7 Å². The lowest BCUT2D eigenvalue weighted by Gasteiger charge is -2.10. The summed E-state index contributed by atoms with van der Waals surface area (Å²) in [7, 11) is 0. The van der Waals surface area contributed by atoms with Crippen LogP contribution in [0.25, 0.3) is 21.9 Å². The summed E-state index contributed by atoms with van der Waals surface area (Å²) in [5.74, 6) is -0.198. The first-order valence-corrected chi connectivity index (χ1v) is 9.83. The SMILES string of the molecule is CCCCCCCc1ccc(-c2ccc3cc(OC(F)(F)F)ccc3c2)cc1. The molecule has 148 valence electrons. The van der Waals surface area contributed by atoms with Gasteiger partial charge in [0.1, 0.15) is 5.75 Å². The van der Waals surface area contributed by atoms with Gasteiger partial charge in [-0.1, -0.05) is 75.1 Å². The van der Waals surface area contributed by atoms with Crippen molar-refractivity contribution in [2.45, 2.75) is 51.8 Å². The minimum Gasteiger partial charge on any atom is -0.406 e. The molecule has 0 unspecified atom stereocenters. The lowest BCUT2D eigenvalue weighted by atomic mass is 9.98. The second-order valence-electron chi connectivity index (χ2n) is 7.13. The van der Waals surface area contributed by atoms with E-state index >= 15 is 0 Å². The van der Waals surface area contributed by atoms with Crippen molar-refractivity contribution in [3.8, 4) is 16.9 Å². The number of aryl methyl sites for hydroxylation is 1. The van der Waals surface area contributed by atoms with Crippen LogP contribution in [0.4, 0.5) is 13.2 Å². The highest BCUT2D eigenvalue weighted by Crippen LogP contribution is 2.29. The summed E-state index contributed by atoms with van der Waals surface area (Å²) in [5.41, 5.74) is 3.49. The molecule has 0 saturated heterocycles. The molecule has 4 heteroatoms. The van der Waals surface area contributed by atoms with Crippen LogP contribution in [-0.2, 0) is 6.42 Å². The van der Waals surface area contributed by atoms with Gasteiger partial charge in [0.25, 0.3) is 0 Å². The van der Waals surface area contributed by atoms with Crippen LogP contribution in [0.3, 0.4) is 0 Å². The first kappa shape index (κ1) is 20.2. The Labute approximate surface area is 164 Å². The Hall–Kier alpha value is -2.49. The van der Waals surface area contributed by atoms with Crippen molar-refractivity contribution < 1.29 is 17.9 Å². The van der Waals surface area contributed by atoms with Crippen molar-refractivity contribution in [2.24, 2.45) is 0 Å². The number of hydrogen-bond acceptors (Lipinski definition) is 1. The predicted molar refractivity (Wildman–Crippen MR) is 109 cm³/mol. The second kappa shape index (κ2) is 9.13. The van der Waals surface area contributed by atoms with Crippen LogP contribution in [0.1, 0.15) is 44.6 Å². The monoisotopic (exact) mass is 386 g/mol. The molecule has 0 aliphatic heterocycles. The zero-order valence-corrected chi connectivity index (χ0v) is 16.1. The molecule has 1 nitrogen and oxygen atoms in total. The largest absolute Gasteiger partial charge is 0.573 e.